The highest BCUT2D eigenvalue weighted by molar-refractivity contribution is 6.18. The fourth-order valence-electron chi connectivity index (χ4n) is 5.60. The van der Waals surface area contributed by atoms with E-state index in [0.717, 1.165) is 12.6 Å². The Morgan fingerprint density at radius 3 is 1.54 bits per heavy atom. The first kappa shape index (κ1) is 29.7. The van der Waals surface area contributed by atoms with Crippen LogP contribution in [0, 0.1) is 18.0 Å². The van der Waals surface area contributed by atoms with Crippen LogP contribution in [0.3, 0.4) is 0 Å². The van der Waals surface area contributed by atoms with Crippen molar-refractivity contribution in [3.63, 3.8) is 0 Å². The quantitative estimate of drug-likeness (QED) is 0.110. The van der Waals surface area contributed by atoms with Gasteiger partial charge in [0.05, 0.1) is 5.92 Å². The molecule has 0 saturated carbocycles. The maximum Gasteiger partial charge on any atom is 0.244 e. The van der Waals surface area contributed by atoms with Gasteiger partial charge in [0.15, 0.2) is 12.4 Å². The number of rotatable bonds is 23. The summed E-state index contributed by atoms with van der Waals surface area (Å²) in [5.41, 5.74) is 1.47. The summed E-state index contributed by atoms with van der Waals surface area (Å²) in [6.45, 7) is 4.60. The first-order valence-electron chi connectivity index (χ1n) is 15.3. The molecular formula is C33H55N2+. The molecule has 2 atom stereocenters. The summed E-state index contributed by atoms with van der Waals surface area (Å²) in [4.78, 5) is 9.42. The minimum absolute atomic E-state index is 0.499. The van der Waals surface area contributed by atoms with E-state index in [-0.39, 0.29) is 0 Å². The average molecular weight is 480 g/mol. The molecule has 2 unspecified atom stereocenters. The number of aliphatic imine (C=N–C) groups is 2. The van der Waals surface area contributed by atoms with Crippen molar-refractivity contribution in [2.45, 2.75) is 142 Å². The van der Waals surface area contributed by atoms with E-state index in [4.69, 9.17) is 9.98 Å². The monoisotopic (exact) mass is 479 g/mol. The van der Waals surface area contributed by atoms with Crippen LogP contribution in [0.1, 0.15) is 141 Å². The van der Waals surface area contributed by atoms with Crippen molar-refractivity contribution in [1.29, 1.82) is 0 Å². The molecule has 35 heavy (non-hydrogen) atoms. The molecule has 2 heteroatoms. The van der Waals surface area contributed by atoms with E-state index in [1.807, 2.05) is 12.4 Å². The van der Waals surface area contributed by atoms with E-state index in [1.165, 1.54) is 128 Å². The van der Waals surface area contributed by atoms with E-state index in [2.05, 4.69) is 44.2 Å². The smallest absolute Gasteiger partial charge is 0.0965 e. The first-order valence-corrected chi connectivity index (χ1v) is 15.3. The fraction of sp³-hybridized carbons (Fsp3) is 0.727. The maximum atomic E-state index is 4.71. The third-order valence-electron chi connectivity index (χ3n) is 7.77. The highest BCUT2D eigenvalue weighted by Crippen LogP contribution is 2.37. The fourth-order valence-corrected chi connectivity index (χ4v) is 5.60. The molecule has 2 rings (SSSR count). The van der Waals surface area contributed by atoms with E-state index < -0.39 is 0 Å². The van der Waals surface area contributed by atoms with Crippen LogP contribution in [-0.2, 0) is 6.42 Å². The molecule has 0 aromatic heterocycles. The Morgan fingerprint density at radius 2 is 1.03 bits per heavy atom. The van der Waals surface area contributed by atoms with Gasteiger partial charge in [-0.1, -0.05) is 163 Å². The van der Waals surface area contributed by atoms with E-state index in [1.54, 1.807) is 0 Å². The van der Waals surface area contributed by atoms with Crippen LogP contribution in [0.25, 0.3) is 0 Å². The van der Waals surface area contributed by atoms with Crippen molar-refractivity contribution >= 4 is 12.4 Å². The molecule has 0 radical (unpaired) electrons. The molecule has 0 fully saturated rings. The van der Waals surface area contributed by atoms with Crippen LogP contribution in [0.2, 0.25) is 0 Å². The van der Waals surface area contributed by atoms with Gasteiger partial charge in [-0.25, -0.2) is 0 Å². The van der Waals surface area contributed by atoms with E-state index in [9.17, 15) is 0 Å². The van der Waals surface area contributed by atoms with Crippen molar-refractivity contribution in [2.75, 3.05) is 0 Å². The Morgan fingerprint density at radius 1 is 0.571 bits per heavy atom. The molecule has 1 aliphatic heterocycles. The number of unbranched alkanes of at least 4 members (excludes halogenated alkanes) is 15. The third kappa shape index (κ3) is 13.9. The summed E-state index contributed by atoms with van der Waals surface area (Å²) in [6, 6.07) is 11.1. The number of benzene rings is 1. The zero-order valence-electron chi connectivity index (χ0n) is 23.2. The van der Waals surface area contributed by atoms with Crippen LogP contribution in [-0.4, -0.2) is 12.4 Å². The third-order valence-corrected chi connectivity index (χ3v) is 7.77. The van der Waals surface area contributed by atoms with Gasteiger partial charge in [-0.2, -0.15) is 0 Å². The minimum Gasteiger partial charge on any atom is -0.0965 e. The summed E-state index contributed by atoms with van der Waals surface area (Å²) in [6.07, 6.45) is 32.2. The molecule has 0 spiro atoms. The van der Waals surface area contributed by atoms with E-state index >= 15 is 0 Å². The van der Waals surface area contributed by atoms with Gasteiger partial charge in [-0.15, -0.1) is 0 Å². The van der Waals surface area contributed by atoms with E-state index in [0.29, 0.717) is 11.8 Å². The molecule has 2 nitrogen and oxygen atoms in total. The lowest BCUT2D eigenvalue weighted by atomic mass is 9.78. The highest BCUT2D eigenvalue weighted by atomic mass is 15.0. The average Bonchev–Trinajstić information content (AvgIpc) is 3.41. The lowest BCUT2D eigenvalue weighted by Crippen LogP contribution is -2.22. The van der Waals surface area contributed by atoms with Crippen molar-refractivity contribution in [3.8, 4) is 0 Å². The molecule has 1 heterocycles. The normalized spacial score (nSPS) is 14.6. The second-order valence-corrected chi connectivity index (χ2v) is 10.9. The van der Waals surface area contributed by atoms with Crippen molar-refractivity contribution in [1.82, 2.24) is 0 Å². The predicted molar refractivity (Wildman–Crippen MR) is 156 cm³/mol. The lowest BCUT2D eigenvalue weighted by Gasteiger charge is -2.26. The van der Waals surface area contributed by atoms with Crippen LogP contribution in [0.15, 0.2) is 40.3 Å². The molecule has 0 N–H and O–H groups in total. The minimum atomic E-state index is 0.499. The summed E-state index contributed by atoms with van der Waals surface area (Å²) in [5.74, 6) is 1.15. The second kappa shape index (κ2) is 20.6. The zero-order valence-corrected chi connectivity index (χ0v) is 23.2. The van der Waals surface area contributed by atoms with Gasteiger partial charge in [0.2, 0.25) is 6.17 Å². The number of hydrogen-bond donors (Lipinski definition) is 0. The Labute approximate surface area is 218 Å². The highest BCUT2D eigenvalue weighted by Gasteiger charge is 2.35. The van der Waals surface area contributed by atoms with Gasteiger partial charge >= 0.3 is 0 Å². The maximum absolute atomic E-state index is 4.71. The van der Waals surface area contributed by atoms with Gasteiger partial charge < -0.3 is 0 Å². The Kier molecular flexibility index (Phi) is 17.5. The molecule has 196 valence electrons. The number of hydrogen-bond acceptors (Lipinski definition) is 2. The van der Waals surface area contributed by atoms with Gasteiger partial charge in [-0.05, 0) is 30.7 Å². The topological polar surface area (TPSA) is 24.7 Å². The summed E-state index contributed by atoms with van der Waals surface area (Å²) in [7, 11) is 0. The molecule has 0 aliphatic carbocycles. The SMILES string of the molecule is CCCCCCCCCCCC(Cc1ccccc1)C(CCCCCCCCCC)[C+]1N=CC=N1. The zero-order chi connectivity index (χ0) is 24.8. The molecule has 1 aromatic rings. The number of nitrogens with zero attached hydrogens (tertiary/aromatic N) is 2. The van der Waals surface area contributed by atoms with Gasteiger partial charge in [0, 0.05) is 0 Å². The Hall–Kier alpha value is -1.57. The second-order valence-electron chi connectivity index (χ2n) is 10.9. The summed E-state index contributed by atoms with van der Waals surface area (Å²) >= 11 is 0. The van der Waals surface area contributed by atoms with Crippen molar-refractivity contribution < 1.29 is 0 Å². The van der Waals surface area contributed by atoms with Gasteiger partial charge in [-0.3, -0.25) is 0 Å². The van der Waals surface area contributed by atoms with Crippen LogP contribution < -0.4 is 0 Å². The van der Waals surface area contributed by atoms with Gasteiger partial charge in [0.25, 0.3) is 0 Å². The molecule has 0 amide bonds. The lowest BCUT2D eigenvalue weighted by molar-refractivity contribution is 0.284. The van der Waals surface area contributed by atoms with Crippen molar-refractivity contribution in [2.24, 2.45) is 21.8 Å². The molecule has 1 aromatic carbocycles. The first-order chi connectivity index (χ1) is 17.3. The Balaban J connectivity index is 1.83. The molecule has 0 bridgehead atoms. The van der Waals surface area contributed by atoms with Crippen LogP contribution >= 0.6 is 0 Å². The Bertz CT molecular complexity index is 638. The van der Waals surface area contributed by atoms with Crippen LogP contribution in [0.4, 0.5) is 0 Å². The molecular weight excluding hydrogens is 424 g/mol. The van der Waals surface area contributed by atoms with Crippen LogP contribution in [0.5, 0.6) is 0 Å². The summed E-state index contributed by atoms with van der Waals surface area (Å²) in [5, 5.41) is 0. The standard InChI is InChI=1S/C33H55N2/c1-3-5-7-9-11-13-14-16-21-25-31(29-30-23-19-18-20-24-30)32(33-34-27-28-35-33)26-22-17-15-12-10-8-6-4-2/h18-20,23-24,27-28,31-32H,3-17,21-22,25-26,29H2,1-2H3/q+1. The van der Waals surface area contributed by atoms with Crippen molar-refractivity contribution in [3.05, 3.63) is 42.1 Å². The predicted octanol–water partition coefficient (Wildman–Crippen LogP) is 10.6. The molecule has 1 aliphatic rings. The largest absolute Gasteiger partial charge is 0.244 e. The van der Waals surface area contributed by atoms with Gasteiger partial charge in [0.1, 0.15) is 0 Å². The summed E-state index contributed by atoms with van der Waals surface area (Å²) < 4.78 is 0. The molecule has 0 saturated heterocycles.